The van der Waals surface area contributed by atoms with Crippen LogP contribution in [0.4, 0.5) is 0 Å². The van der Waals surface area contributed by atoms with E-state index in [4.69, 9.17) is 0 Å². The lowest BCUT2D eigenvalue weighted by atomic mass is 9.89. The van der Waals surface area contributed by atoms with Gasteiger partial charge < -0.3 is 5.11 Å². The summed E-state index contributed by atoms with van der Waals surface area (Å²) < 4.78 is 1.95. The molecule has 0 aliphatic rings. The second-order valence-corrected chi connectivity index (χ2v) is 5.12. The van der Waals surface area contributed by atoms with Crippen LogP contribution in [0.15, 0.2) is 0 Å². The number of nitrogens with zero attached hydrogens (tertiary/aromatic N) is 2. The Kier molecular flexibility index (Phi) is 3.42. The zero-order valence-electron chi connectivity index (χ0n) is 10.5. The van der Waals surface area contributed by atoms with Gasteiger partial charge in [0.05, 0.1) is 5.69 Å². The number of aromatic hydroxyl groups is 1. The molecule has 0 saturated heterocycles. The fourth-order valence-corrected chi connectivity index (χ4v) is 1.96. The minimum atomic E-state index is 0.0335. The van der Waals surface area contributed by atoms with Crippen LogP contribution in [0.5, 0.6) is 5.88 Å². The van der Waals surface area contributed by atoms with Gasteiger partial charge >= 0.3 is 0 Å². The molecule has 15 heavy (non-hydrogen) atoms. The molecule has 1 rings (SSSR count). The predicted molar refractivity (Wildman–Crippen MR) is 62.2 cm³/mol. The van der Waals surface area contributed by atoms with Crippen molar-refractivity contribution >= 4 is 0 Å². The molecule has 1 aromatic rings. The average molecular weight is 210 g/mol. The van der Waals surface area contributed by atoms with Gasteiger partial charge in [-0.15, -0.1) is 5.10 Å². The van der Waals surface area contributed by atoms with Crippen LogP contribution in [-0.4, -0.2) is 14.9 Å². The lowest BCUT2D eigenvalue weighted by molar-refractivity contribution is 0.425. The predicted octanol–water partition coefficient (Wildman–Crippen LogP) is 2.99. The summed E-state index contributed by atoms with van der Waals surface area (Å²) in [7, 11) is 0. The molecule has 0 saturated carbocycles. The van der Waals surface area contributed by atoms with E-state index in [9.17, 15) is 5.11 Å². The molecule has 1 aromatic heterocycles. The fraction of sp³-hybridized carbons (Fsp3) is 0.750. The van der Waals surface area contributed by atoms with Crippen molar-refractivity contribution < 1.29 is 5.11 Å². The van der Waals surface area contributed by atoms with Crippen LogP contribution in [0, 0.1) is 6.92 Å². The Morgan fingerprint density at radius 2 is 1.93 bits per heavy atom. The van der Waals surface area contributed by atoms with Gasteiger partial charge in [-0.1, -0.05) is 34.1 Å². The topological polar surface area (TPSA) is 38.0 Å². The van der Waals surface area contributed by atoms with Crippen molar-refractivity contribution in [3.05, 3.63) is 11.3 Å². The maximum absolute atomic E-state index is 9.65. The van der Waals surface area contributed by atoms with E-state index in [0.717, 1.165) is 30.6 Å². The first-order valence-corrected chi connectivity index (χ1v) is 5.64. The van der Waals surface area contributed by atoms with E-state index in [-0.39, 0.29) is 11.3 Å². The third kappa shape index (κ3) is 2.52. The number of rotatable bonds is 3. The normalized spacial score (nSPS) is 12.1. The summed E-state index contributed by atoms with van der Waals surface area (Å²) >= 11 is 0. The third-order valence-corrected chi connectivity index (χ3v) is 2.60. The molecule has 0 radical (unpaired) electrons. The fourth-order valence-electron chi connectivity index (χ4n) is 1.96. The maximum Gasteiger partial charge on any atom is 0.233 e. The summed E-state index contributed by atoms with van der Waals surface area (Å²) in [5.41, 5.74) is 2.10. The minimum absolute atomic E-state index is 0.0335. The van der Waals surface area contributed by atoms with Crippen molar-refractivity contribution in [3.8, 4) is 5.88 Å². The lowest BCUT2D eigenvalue weighted by Crippen LogP contribution is -2.19. The van der Waals surface area contributed by atoms with Gasteiger partial charge in [0, 0.05) is 17.5 Å². The molecule has 86 valence electrons. The van der Waals surface area contributed by atoms with Gasteiger partial charge in [-0.05, 0) is 13.3 Å². The van der Waals surface area contributed by atoms with E-state index < -0.39 is 0 Å². The minimum Gasteiger partial charge on any atom is -0.492 e. The molecule has 3 heteroatoms. The molecule has 0 aliphatic carbocycles. The van der Waals surface area contributed by atoms with Gasteiger partial charge in [0.25, 0.3) is 0 Å². The molecule has 0 unspecified atom stereocenters. The zero-order chi connectivity index (χ0) is 11.6. The van der Waals surface area contributed by atoms with Gasteiger partial charge in [0.15, 0.2) is 0 Å². The molecule has 0 aromatic carbocycles. The summed E-state index contributed by atoms with van der Waals surface area (Å²) in [6, 6.07) is 0. The van der Waals surface area contributed by atoms with E-state index >= 15 is 0 Å². The SMILES string of the molecule is CCCCn1nc(O)c(C)c1C(C)(C)C. The van der Waals surface area contributed by atoms with E-state index in [2.05, 4.69) is 32.8 Å². The van der Waals surface area contributed by atoms with Crippen molar-refractivity contribution in [1.82, 2.24) is 9.78 Å². The standard InChI is InChI=1S/C12H22N2O/c1-6-7-8-14-10(12(3,4)5)9(2)11(15)13-14/h6-8H2,1-5H3,(H,13,15). The summed E-state index contributed by atoms with van der Waals surface area (Å²) in [6.45, 7) is 11.4. The molecule has 0 aliphatic heterocycles. The highest BCUT2D eigenvalue weighted by molar-refractivity contribution is 5.33. The second-order valence-electron chi connectivity index (χ2n) is 5.12. The molecule has 0 bridgehead atoms. The molecule has 0 amide bonds. The molecular formula is C12H22N2O. The number of aryl methyl sites for hydroxylation is 1. The van der Waals surface area contributed by atoms with Crippen LogP contribution >= 0.6 is 0 Å². The molecule has 1 heterocycles. The molecule has 0 spiro atoms. The van der Waals surface area contributed by atoms with E-state index in [0.29, 0.717) is 0 Å². The smallest absolute Gasteiger partial charge is 0.233 e. The van der Waals surface area contributed by atoms with E-state index in [1.54, 1.807) is 0 Å². The van der Waals surface area contributed by atoms with Crippen molar-refractivity contribution in [1.29, 1.82) is 0 Å². The van der Waals surface area contributed by atoms with Gasteiger partial charge in [0.1, 0.15) is 0 Å². The summed E-state index contributed by atoms with van der Waals surface area (Å²) in [5.74, 6) is 0.177. The van der Waals surface area contributed by atoms with Crippen molar-refractivity contribution in [3.63, 3.8) is 0 Å². The first kappa shape index (κ1) is 12.1. The maximum atomic E-state index is 9.65. The van der Waals surface area contributed by atoms with E-state index in [1.165, 1.54) is 0 Å². The largest absolute Gasteiger partial charge is 0.492 e. The average Bonchev–Trinajstić information content (AvgIpc) is 2.38. The third-order valence-electron chi connectivity index (χ3n) is 2.60. The van der Waals surface area contributed by atoms with Crippen LogP contribution in [-0.2, 0) is 12.0 Å². The Bertz CT molecular complexity index is 334. The van der Waals surface area contributed by atoms with Crippen molar-refractivity contribution in [2.45, 2.75) is 59.4 Å². The van der Waals surface area contributed by atoms with E-state index in [1.807, 2.05) is 11.6 Å². The molecule has 1 N–H and O–H groups in total. The number of hydrogen-bond donors (Lipinski definition) is 1. The highest BCUT2D eigenvalue weighted by Crippen LogP contribution is 2.30. The monoisotopic (exact) mass is 210 g/mol. The second kappa shape index (κ2) is 4.25. The highest BCUT2D eigenvalue weighted by Gasteiger charge is 2.24. The number of unbranched alkanes of at least 4 members (excludes halogenated alkanes) is 1. The number of aromatic nitrogens is 2. The Labute approximate surface area is 92.1 Å². The van der Waals surface area contributed by atoms with Crippen LogP contribution < -0.4 is 0 Å². The molecule has 0 atom stereocenters. The molecular weight excluding hydrogens is 188 g/mol. The highest BCUT2D eigenvalue weighted by atomic mass is 16.3. The quantitative estimate of drug-likeness (QED) is 0.832. The Hall–Kier alpha value is -0.990. The number of hydrogen-bond acceptors (Lipinski definition) is 2. The Morgan fingerprint density at radius 3 is 2.40 bits per heavy atom. The van der Waals surface area contributed by atoms with Gasteiger partial charge in [-0.3, -0.25) is 4.68 Å². The summed E-state index contributed by atoms with van der Waals surface area (Å²) in [6.07, 6.45) is 2.24. The van der Waals surface area contributed by atoms with Crippen molar-refractivity contribution in [2.24, 2.45) is 0 Å². The first-order valence-electron chi connectivity index (χ1n) is 5.64. The van der Waals surface area contributed by atoms with Crippen LogP contribution in [0.25, 0.3) is 0 Å². The zero-order valence-corrected chi connectivity index (χ0v) is 10.5. The lowest BCUT2D eigenvalue weighted by Gasteiger charge is -2.21. The van der Waals surface area contributed by atoms with Crippen molar-refractivity contribution in [2.75, 3.05) is 0 Å². The Morgan fingerprint density at radius 1 is 1.33 bits per heavy atom. The van der Waals surface area contributed by atoms with Crippen LogP contribution in [0.1, 0.15) is 51.8 Å². The Balaban J connectivity index is 3.10. The summed E-state index contributed by atoms with van der Waals surface area (Å²) in [4.78, 5) is 0. The van der Waals surface area contributed by atoms with Gasteiger partial charge in [0.2, 0.25) is 5.88 Å². The van der Waals surface area contributed by atoms with Crippen LogP contribution in [0.2, 0.25) is 0 Å². The molecule has 3 nitrogen and oxygen atoms in total. The van der Waals surface area contributed by atoms with Gasteiger partial charge in [-0.2, -0.15) is 0 Å². The van der Waals surface area contributed by atoms with Crippen LogP contribution in [0.3, 0.4) is 0 Å². The van der Waals surface area contributed by atoms with Gasteiger partial charge in [-0.25, -0.2) is 0 Å². The summed E-state index contributed by atoms with van der Waals surface area (Å²) in [5, 5.41) is 13.8. The molecule has 0 fully saturated rings. The first-order chi connectivity index (χ1) is 6.88.